The van der Waals surface area contributed by atoms with Crippen molar-refractivity contribution in [1.29, 1.82) is 5.26 Å². The topological polar surface area (TPSA) is 176 Å². The number of rotatable bonds is 8. The number of aromatic nitrogens is 4. The summed E-state index contributed by atoms with van der Waals surface area (Å²) in [4.78, 5) is 44.0. The van der Waals surface area contributed by atoms with Crippen LogP contribution in [0.2, 0.25) is 5.02 Å². The molecule has 0 spiro atoms. The average Bonchev–Trinajstić information content (AvgIpc) is 3.70. The molecule has 2 aromatic heterocycles. The number of hydrogen-bond acceptors (Lipinski definition) is 7. The minimum Gasteiger partial charge on any atom is -0.349 e. The van der Waals surface area contributed by atoms with Crippen molar-refractivity contribution in [2.75, 3.05) is 25.0 Å². The minimum atomic E-state index is -4.80. The predicted molar refractivity (Wildman–Crippen MR) is 156 cm³/mol. The molecule has 1 saturated carbocycles. The first kappa shape index (κ1) is 31.8. The molecule has 2 fully saturated rings. The SMILES string of the molecule is Cn1c(-c2cn(CC#N)nc2C(F)(F)F)cnc1C(=O)Nc1ccc(C(=O)NC2CC(NC(=O)N3CCC(CN)C3)C2)c(Cl)c1. The highest BCUT2D eigenvalue weighted by Crippen LogP contribution is 2.36. The van der Waals surface area contributed by atoms with E-state index in [0.29, 0.717) is 38.4 Å². The molecule has 1 aliphatic heterocycles. The summed E-state index contributed by atoms with van der Waals surface area (Å²) >= 11 is 6.35. The van der Waals surface area contributed by atoms with E-state index >= 15 is 0 Å². The average molecular weight is 647 g/mol. The number of nitrogens with two attached hydrogens (primary N) is 1. The highest BCUT2D eigenvalue weighted by molar-refractivity contribution is 6.34. The summed E-state index contributed by atoms with van der Waals surface area (Å²) in [7, 11) is 1.37. The second kappa shape index (κ2) is 12.8. The molecule has 5 rings (SSSR count). The van der Waals surface area contributed by atoms with Crippen LogP contribution in [-0.2, 0) is 19.8 Å². The Balaban J connectivity index is 1.17. The second-order valence-electron chi connectivity index (χ2n) is 11.0. The molecule has 238 valence electrons. The van der Waals surface area contributed by atoms with E-state index in [2.05, 4.69) is 26.0 Å². The van der Waals surface area contributed by atoms with Gasteiger partial charge in [-0.15, -0.1) is 0 Å². The van der Waals surface area contributed by atoms with Crippen LogP contribution < -0.4 is 21.7 Å². The quantitative estimate of drug-likeness (QED) is 0.291. The second-order valence-corrected chi connectivity index (χ2v) is 11.5. The van der Waals surface area contributed by atoms with E-state index in [4.69, 9.17) is 22.6 Å². The first-order valence-corrected chi connectivity index (χ1v) is 14.5. The lowest BCUT2D eigenvalue weighted by Crippen LogP contribution is -2.55. The van der Waals surface area contributed by atoms with Crippen molar-refractivity contribution in [3.05, 3.63) is 52.7 Å². The first-order valence-electron chi connectivity index (χ1n) is 14.1. The molecule has 1 aliphatic carbocycles. The molecule has 3 heterocycles. The number of alkyl halides is 3. The van der Waals surface area contributed by atoms with Gasteiger partial charge >= 0.3 is 12.2 Å². The number of nitrogens with one attached hydrogen (secondary N) is 3. The van der Waals surface area contributed by atoms with Crippen LogP contribution in [-0.4, -0.2) is 73.8 Å². The number of halogens is 4. The van der Waals surface area contributed by atoms with E-state index in [1.807, 2.05) is 0 Å². The van der Waals surface area contributed by atoms with Gasteiger partial charge in [0.05, 0.1) is 34.1 Å². The zero-order chi connectivity index (χ0) is 32.5. The Morgan fingerprint density at radius 2 is 1.91 bits per heavy atom. The van der Waals surface area contributed by atoms with Gasteiger partial charge in [0, 0.05) is 44.1 Å². The summed E-state index contributed by atoms with van der Waals surface area (Å²) < 4.78 is 42.8. The van der Waals surface area contributed by atoms with Crippen molar-refractivity contribution < 1.29 is 27.6 Å². The number of nitrogens with zero attached hydrogens (tertiary/aromatic N) is 6. The molecule has 17 heteroatoms. The van der Waals surface area contributed by atoms with E-state index in [9.17, 15) is 27.6 Å². The van der Waals surface area contributed by atoms with Gasteiger partial charge < -0.3 is 31.2 Å². The summed E-state index contributed by atoms with van der Waals surface area (Å²) in [5.74, 6) is -1.02. The molecule has 0 bridgehead atoms. The maximum absolute atomic E-state index is 13.6. The molecule has 13 nitrogen and oxygen atoms in total. The third-order valence-corrected chi connectivity index (χ3v) is 8.22. The van der Waals surface area contributed by atoms with Crippen LogP contribution in [0.1, 0.15) is 45.9 Å². The maximum Gasteiger partial charge on any atom is 0.435 e. The van der Waals surface area contributed by atoms with Crippen LogP contribution >= 0.6 is 11.6 Å². The first-order chi connectivity index (χ1) is 21.4. The molecule has 2 aliphatic rings. The molecule has 0 radical (unpaired) electrons. The molecule has 1 aromatic carbocycles. The molecule has 1 atom stereocenters. The number of benzene rings is 1. The van der Waals surface area contributed by atoms with Crippen molar-refractivity contribution >= 4 is 35.1 Å². The Hall–Kier alpha value is -4.62. The van der Waals surface area contributed by atoms with E-state index in [0.717, 1.165) is 23.5 Å². The lowest BCUT2D eigenvalue weighted by molar-refractivity contribution is -0.141. The fourth-order valence-corrected chi connectivity index (χ4v) is 5.66. The van der Waals surface area contributed by atoms with Crippen LogP contribution in [0.3, 0.4) is 0 Å². The molecule has 1 saturated heterocycles. The van der Waals surface area contributed by atoms with Gasteiger partial charge in [0.15, 0.2) is 11.5 Å². The van der Waals surface area contributed by atoms with Gasteiger partial charge in [0.1, 0.15) is 6.54 Å². The Morgan fingerprint density at radius 3 is 2.56 bits per heavy atom. The number of carbonyl (C=O) groups excluding carboxylic acids is 3. The largest absolute Gasteiger partial charge is 0.435 e. The predicted octanol–water partition coefficient (Wildman–Crippen LogP) is 2.98. The maximum atomic E-state index is 13.6. The van der Waals surface area contributed by atoms with Crippen LogP contribution in [0.4, 0.5) is 23.7 Å². The molecule has 4 amide bonds. The fraction of sp³-hybridized carbons (Fsp3) is 0.429. The van der Waals surface area contributed by atoms with Gasteiger partial charge in [-0.05, 0) is 49.9 Å². The van der Waals surface area contributed by atoms with Gasteiger partial charge in [0.2, 0.25) is 0 Å². The number of likely N-dealkylation sites (tertiary alicyclic amines) is 1. The Kier molecular flexibility index (Phi) is 9.03. The molecular formula is C28H30ClF3N10O3. The van der Waals surface area contributed by atoms with Gasteiger partial charge in [-0.1, -0.05) is 11.6 Å². The highest BCUT2D eigenvalue weighted by Gasteiger charge is 2.39. The van der Waals surface area contributed by atoms with Gasteiger partial charge in [-0.25, -0.2) is 9.78 Å². The summed E-state index contributed by atoms with van der Waals surface area (Å²) in [6, 6.07) is 5.70. The third kappa shape index (κ3) is 6.89. The van der Waals surface area contributed by atoms with Gasteiger partial charge in [0.25, 0.3) is 11.8 Å². The number of carbonyl (C=O) groups is 3. The zero-order valence-corrected chi connectivity index (χ0v) is 24.8. The minimum absolute atomic E-state index is 0.0317. The van der Waals surface area contributed by atoms with Crippen molar-refractivity contribution in [2.45, 2.75) is 44.1 Å². The number of imidazole rings is 1. The summed E-state index contributed by atoms with van der Waals surface area (Å²) in [6.07, 6.45) is -0.575. The Labute approximate surface area is 260 Å². The standard InChI is InChI=1S/C28H30ClF3N10O3/c1-40-22(20-14-42(7-5-33)39-23(20)28(30,31)32)12-35-24(40)26(44)36-16-2-3-19(21(29)10-16)25(43)37-17-8-18(9-17)38-27(45)41-6-4-15(11-34)13-41/h2-3,10,12,14-15,17-18H,4,6-9,11,13,34H2,1H3,(H,36,44)(H,37,43)(H,38,45). The molecule has 1 unspecified atom stereocenters. The monoisotopic (exact) mass is 646 g/mol. The molecular weight excluding hydrogens is 617 g/mol. The lowest BCUT2D eigenvalue weighted by atomic mass is 9.86. The summed E-state index contributed by atoms with van der Waals surface area (Å²) in [5.41, 5.74) is 4.53. The van der Waals surface area contributed by atoms with Crippen LogP contribution in [0.15, 0.2) is 30.6 Å². The smallest absolute Gasteiger partial charge is 0.349 e. The summed E-state index contributed by atoms with van der Waals surface area (Å²) in [5, 5.41) is 20.8. The third-order valence-electron chi connectivity index (χ3n) is 7.91. The summed E-state index contributed by atoms with van der Waals surface area (Å²) in [6.45, 7) is 1.48. The van der Waals surface area contributed by atoms with Gasteiger partial charge in [-0.3, -0.25) is 14.3 Å². The van der Waals surface area contributed by atoms with E-state index in [-0.39, 0.29) is 51.5 Å². The number of nitriles is 1. The van der Waals surface area contributed by atoms with E-state index in [1.54, 1.807) is 11.0 Å². The highest BCUT2D eigenvalue weighted by atomic mass is 35.5. The number of amides is 4. The molecule has 45 heavy (non-hydrogen) atoms. The molecule has 3 aromatic rings. The zero-order valence-electron chi connectivity index (χ0n) is 24.1. The fourth-order valence-electron chi connectivity index (χ4n) is 5.40. The number of anilines is 1. The number of urea groups is 1. The van der Waals surface area contributed by atoms with Crippen molar-refractivity contribution in [2.24, 2.45) is 18.7 Å². The van der Waals surface area contributed by atoms with E-state index in [1.165, 1.54) is 29.8 Å². The number of hydrogen-bond donors (Lipinski definition) is 4. The Bertz CT molecular complexity index is 1660. The van der Waals surface area contributed by atoms with Crippen molar-refractivity contribution in [3.63, 3.8) is 0 Å². The van der Waals surface area contributed by atoms with E-state index < -0.39 is 30.2 Å². The Morgan fingerprint density at radius 1 is 1.18 bits per heavy atom. The van der Waals surface area contributed by atoms with Crippen molar-refractivity contribution in [3.8, 4) is 17.3 Å². The van der Waals surface area contributed by atoms with Crippen LogP contribution in [0.25, 0.3) is 11.3 Å². The normalized spacial score (nSPS) is 19.5. The van der Waals surface area contributed by atoms with Gasteiger partial charge in [-0.2, -0.15) is 23.5 Å². The van der Waals surface area contributed by atoms with Crippen LogP contribution in [0, 0.1) is 17.2 Å². The van der Waals surface area contributed by atoms with Crippen molar-refractivity contribution in [1.82, 2.24) is 34.9 Å². The molecule has 5 N–H and O–H groups in total. The van der Waals surface area contributed by atoms with Crippen LogP contribution in [0.5, 0.6) is 0 Å². The lowest BCUT2D eigenvalue weighted by Gasteiger charge is -2.37.